The predicted octanol–water partition coefficient (Wildman–Crippen LogP) is 3.19. The van der Waals surface area contributed by atoms with E-state index in [1.165, 1.54) is 0 Å². The molecule has 2 aromatic carbocycles. The van der Waals surface area contributed by atoms with Gasteiger partial charge in [-0.15, -0.1) is 5.10 Å². The second-order valence-electron chi connectivity index (χ2n) is 13.6. The maximum Gasteiger partial charge on any atom is 0.264 e. The Labute approximate surface area is 276 Å². The molecule has 2 fully saturated rings. The van der Waals surface area contributed by atoms with Gasteiger partial charge >= 0.3 is 0 Å². The number of ether oxygens (including phenoxy) is 2. The highest BCUT2D eigenvalue weighted by atomic mass is 28.4. The first-order valence-corrected chi connectivity index (χ1v) is 19.6. The van der Waals surface area contributed by atoms with Crippen LogP contribution in [-0.2, 0) is 39.4 Å². The van der Waals surface area contributed by atoms with Crippen LogP contribution < -0.4 is 20.3 Å². The van der Waals surface area contributed by atoms with Crippen molar-refractivity contribution in [2.75, 3.05) is 37.0 Å². The van der Waals surface area contributed by atoms with Crippen LogP contribution >= 0.6 is 0 Å². The molecule has 47 heavy (non-hydrogen) atoms. The summed E-state index contributed by atoms with van der Waals surface area (Å²) in [5, 5.41) is 24.0. The smallest absolute Gasteiger partial charge is 0.264 e. The van der Waals surface area contributed by atoms with E-state index in [-0.39, 0.29) is 42.3 Å². The van der Waals surface area contributed by atoms with Crippen LogP contribution in [0.3, 0.4) is 0 Å². The van der Waals surface area contributed by atoms with Crippen molar-refractivity contribution in [3.05, 3.63) is 65.5 Å². The van der Waals surface area contributed by atoms with Crippen molar-refractivity contribution < 1.29 is 29.0 Å². The first-order valence-electron chi connectivity index (χ1n) is 16.6. The molecular weight excluding hydrogens is 616 g/mol. The van der Waals surface area contributed by atoms with Gasteiger partial charge in [-0.2, -0.15) is 0 Å². The molecule has 3 aliphatic rings. The molecule has 0 aliphatic carbocycles. The topological polar surface area (TPSA) is 151 Å². The van der Waals surface area contributed by atoms with Crippen molar-refractivity contribution in [2.45, 2.75) is 76.0 Å². The van der Waals surface area contributed by atoms with Crippen molar-refractivity contribution >= 4 is 31.5 Å². The van der Waals surface area contributed by atoms with Gasteiger partial charge in [-0.3, -0.25) is 14.3 Å². The molecule has 6 rings (SSSR count). The van der Waals surface area contributed by atoms with Gasteiger partial charge in [-0.25, -0.2) is 0 Å². The number of benzene rings is 2. The van der Waals surface area contributed by atoms with Crippen LogP contribution in [0.2, 0.25) is 18.6 Å². The second kappa shape index (κ2) is 13.5. The monoisotopic (exact) mass is 662 g/mol. The van der Waals surface area contributed by atoms with Gasteiger partial charge in [0.25, 0.3) is 5.91 Å². The fraction of sp³-hybridized carbons (Fsp3) is 0.529. The highest BCUT2D eigenvalue weighted by molar-refractivity contribution is 6.71. The number of aliphatic hydroxyl groups is 1. The van der Waals surface area contributed by atoms with Crippen LogP contribution in [0.1, 0.15) is 43.0 Å². The van der Waals surface area contributed by atoms with Crippen molar-refractivity contribution in [3.8, 4) is 5.75 Å². The molecular formula is C34H46N6O6Si. The van der Waals surface area contributed by atoms with E-state index in [1.807, 2.05) is 68.7 Å². The molecule has 3 aromatic rings. The van der Waals surface area contributed by atoms with Gasteiger partial charge in [0.1, 0.15) is 5.75 Å². The summed E-state index contributed by atoms with van der Waals surface area (Å²) in [6.45, 7) is 8.22. The Morgan fingerprint density at radius 1 is 1.26 bits per heavy atom. The first-order chi connectivity index (χ1) is 22.5. The summed E-state index contributed by atoms with van der Waals surface area (Å²) in [4.78, 5) is 41.1. The summed E-state index contributed by atoms with van der Waals surface area (Å²) < 4.78 is 14.3. The van der Waals surface area contributed by atoms with E-state index >= 15 is 0 Å². The van der Waals surface area contributed by atoms with Crippen molar-refractivity contribution in [1.82, 2.24) is 20.3 Å². The number of methoxy groups -OCH3 is 1. The van der Waals surface area contributed by atoms with E-state index in [4.69, 9.17) is 9.47 Å². The van der Waals surface area contributed by atoms with Crippen molar-refractivity contribution in [1.29, 1.82) is 0 Å². The van der Waals surface area contributed by atoms with E-state index < -0.39 is 20.0 Å². The Morgan fingerprint density at radius 3 is 2.81 bits per heavy atom. The molecule has 0 saturated carbocycles. The SMILES string of the molecule is COc1ccc2c(c1)[C@@]1(O[C@H](CCn3cc(CCO)nn3)[C@@H]([Si](C)(C)O)[C@@H]1C)C(=O)N2Cc1cccc(NC(=O)C2CCCNC2)c1. The quantitative estimate of drug-likeness (QED) is 0.227. The normalized spacial score (nSPS) is 25.7. The summed E-state index contributed by atoms with van der Waals surface area (Å²) in [5.41, 5.74) is 2.21. The summed E-state index contributed by atoms with van der Waals surface area (Å²) >= 11 is 0. The zero-order valence-electron chi connectivity index (χ0n) is 27.6. The number of aliphatic hydroxyl groups excluding tert-OH is 1. The molecule has 1 aromatic heterocycles. The third kappa shape index (κ3) is 6.46. The Bertz CT molecular complexity index is 1600. The maximum atomic E-state index is 14.8. The van der Waals surface area contributed by atoms with Crippen LogP contribution in [0.25, 0.3) is 0 Å². The molecule has 1 unspecified atom stereocenters. The second-order valence-corrected chi connectivity index (χ2v) is 17.6. The lowest BCUT2D eigenvalue weighted by Gasteiger charge is -2.32. The van der Waals surface area contributed by atoms with Gasteiger partial charge in [-0.1, -0.05) is 24.3 Å². The van der Waals surface area contributed by atoms with E-state index in [2.05, 4.69) is 20.9 Å². The van der Waals surface area contributed by atoms with Crippen LogP contribution in [-0.4, -0.2) is 77.9 Å². The molecule has 252 valence electrons. The lowest BCUT2D eigenvalue weighted by atomic mass is 9.82. The minimum Gasteiger partial charge on any atom is -0.497 e. The average Bonchev–Trinajstić information content (AvgIpc) is 3.70. The standard InChI is InChI=1S/C34H46N6O6Si/c1-22-31(47(3,4)44)30(12-15-39-21-26(13-16-41)37-38-39)46-34(22)28-18-27(45-2)10-11-29(28)40(33(34)43)20-23-7-5-9-25(17-23)36-32(42)24-8-6-14-35-19-24/h5,7,9-11,17-18,21-22,24,30-31,35,41,44H,6,8,12-16,19-20H2,1-4H3,(H,36,42)/t22-,24?,30+,31-,34+/m0/s1. The molecule has 13 heteroatoms. The fourth-order valence-corrected chi connectivity index (χ4v) is 10.4. The molecule has 0 bridgehead atoms. The summed E-state index contributed by atoms with van der Waals surface area (Å²) in [6.07, 6.45) is 4.20. The maximum absolute atomic E-state index is 14.8. The lowest BCUT2D eigenvalue weighted by molar-refractivity contribution is -0.146. The molecule has 1 spiro atoms. The molecule has 2 amide bonds. The number of hydrogen-bond acceptors (Lipinski definition) is 9. The number of aromatic nitrogens is 3. The number of carbonyl (C=O) groups is 2. The molecule has 2 saturated heterocycles. The summed E-state index contributed by atoms with van der Waals surface area (Å²) in [7, 11) is -1.25. The van der Waals surface area contributed by atoms with Crippen molar-refractivity contribution in [2.24, 2.45) is 11.8 Å². The van der Waals surface area contributed by atoms with Gasteiger partial charge in [-0.05, 0) is 74.8 Å². The summed E-state index contributed by atoms with van der Waals surface area (Å²) in [6, 6.07) is 13.3. The molecule has 4 N–H and O–H groups in total. The summed E-state index contributed by atoms with van der Waals surface area (Å²) in [5.74, 6) is 0.0582. The van der Waals surface area contributed by atoms with Crippen LogP contribution in [0.15, 0.2) is 48.7 Å². The number of fused-ring (bicyclic) bond motifs is 2. The van der Waals surface area contributed by atoms with Gasteiger partial charge in [0.15, 0.2) is 13.9 Å². The largest absolute Gasteiger partial charge is 0.497 e. The zero-order chi connectivity index (χ0) is 33.3. The first kappa shape index (κ1) is 33.3. The van der Waals surface area contributed by atoms with E-state index in [9.17, 15) is 19.5 Å². The van der Waals surface area contributed by atoms with Gasteiger partial charge in [0.05, 0.1) is 37.1 Å². The molecule has 3 aliphatic heterocycles. The highest BCUT2D eigenvalue weighted by Crippen LogP contribution is 2.60. The third-order valence-electron chi connectivity index (χ3n) is 9.99. The van der Waals surface area contributed by atoms with Crippen molar-refractivity contribution in [3.63, 3.8) is 0 Å². The lowest BCUT2D eigenvalue weighted by Crippen LogP contribution is -2.46. The third-order valence-corrected chi connectivity index (χ3v) is 12.5. The Morgan fingerprint density at radius 2 is 2.09 bits per heavy atom. The molecule has 4 heterocycles. The van der Waals surface area contributed by atoms with E-state index in [0.29, 0.717) is 43.1 Å². The van der Waals surface area contributed by atoms with Crippen LogP contribution in [0.5, 0.6) is 5.75 Å². The number of piperidine rings is 1. The minimum absolute atomic E-state index is 0.000412. The zero-order valence-corrected chi connectivity index (χ0v) is 28.6. The number of nitrogens with one attached hydrogen (secondary N) is 2. The molecule has 5 atom stereocenters. The number of nitrogens with zero attached hydrogens (tertiary/aromatic N) is 4. The van der Waals surface area contributed by atoms with E-state index in [1.54, 1.807) is 16.7 Å². The van der Waals surface area contributed by atoms with Crippen LogP contribution in [0, 0.1) is 11.8 Å². The van der Waals surface area contributed by atoms with Gasteiger partial charge < -0.3 is 34.9 Å². The minimum atomic E-state index is -2.85. The predicted molar refractivity (Wildman–Crippen MR) is 179 cm³/mol. The molecule has 0 radical (unpaired) electrons. The van der Waals surface area contributed by atoms with Gasteiger partial charge in [0, 0.05) is 55.0 Å². The van der Waals surface area contributed by atoms with Gasteiger partial charge in [0.2, 0.25) is 5.91 Å². The number of anilines is 2. The van der Waals surface area contributed by atoms with Crippen LogP contribution in [0.4, 0.5) is 11.4 Å². The van der Waals surface area contributed by atoms with E-state index in [0.717, 1.165) is 36.2 Å². The fourth-order valence-electron chi connectivity index (χ4n) is 7.80. The molecule has 12 nitrogen and oxygen atoms in total. The Balaban J connectivity index is 1.29. The highest BCUT2D eigenvalue weighted by Gasteiger charge is 2.66. The number of amides is 2. The number of carbonyl (C=O) groups excluding carboxylic acids is 2. The number of rotatable bonds is 11. The average molecular weight is 663 g/mol. The Hall–Kier alpha value is -3.62. The number of aryl methyl sites for hydroxylation is 1. The Kier molecular flexibility index (Phi) is 9.54. The number of hydrogen-bond donors (Lipinski definition) is 4.